The van der Waals surface area contributed by atoms with E-state index in [1.54, 1.807) is 24.4 Å². The van der Waals surface area contributed by atoms with Crippen molar-refractivity contribution in [1.82, 2.24) is 20.3 Å². The highest BCUT2D eigenvalue weighted by molar-refractivity contribution is 6.32. The second-order valence-electron chi connectivity index (χ2n) is 8.38. The summed E-state index contributed by atoms with van der Waals surface area (Å²) in [4.78, 5) is 25.5. The van der Waals surface area contributed by atoms with Gasteiger partial charge in [-0.3, -0.25) is 9.78 Å². The van der Waals surface area contributed by atoms with Gasteiger partial charge in [-0.05, 0) is 74.5 Å². The molecule has 0 spiro atoms. The minimum absolute atomic E-state index is 0.134. The lowest BCUT2D eigenvalue weighted by Gasteiger charge is -2.15. The number of hydrogen-bond donors (Lipinski definition) is 3. The summed E-state index contributed by atoms with van der Waals surface area (Å²) in [6.07, 6.45) is 6.70. The lowest BCUT2D eigenvalue weighted by molar-refractivity contribution is -0.112. The Morgan fingerprint density at radius 1 is 1.03 bits per heavy atom. The molecule has 1 amide bonds. The monoisotopic (exact) mass is 500 g/mol. The molecule has 0 atom stereocenters. The predicted molar refractivity (Wildman–Crippen MR) is 142 cm³/mol. The number of fused-ring (bicyclic) bond motifs is 1. The molecule has 182 valence electrons. The van der Waals surface area contributed by atoms with E-state index in [1.807, 2.05) is 42.5 Å². The van der Waals surface area contributed by atoms with E-state index in [0.717, 1.165) is 53.8 Å². The molecule has 0 bridgehead atoms. The number of amides is 1. The Morgan fingerprint density at radius 2 is 1.89 bits per heavy atom. The van der Waals surface area contributed by atoms with Crippen LogP contribution in [0.2, 0.25) is 5.02 Å². The van der Waals surface area contributed by atoms with Crippen LogP contribution in [0.4, 0.5) is 17.2 Å². The highest BCUT2D eigenvalue weighted by Crippen LogP contribution is 2.31. The second-order valence-corrected chi connectivity index (χ2v) is 8.78. The highest BCUT2D eigenvalue weighted by Gasteiger charge is 2.11. The molecule has 1 saturated heterocycles. The van der Waals surface area contributed by atoms with Gasteiger partial charge in [0.2, 0.25) is 5.91 Å². The fourth-order valence-electron chi connectivity index (χ4n) is 3.96. The Hall–Kier alpha value is -4.01. The lowest BCUT2D eigenvalue weighted by atomic mass is 10.1. The van der Waals surface area contributed by atoms with Crippen LogP contribution in [0.3, 0.4) is 0 Å². The number of nitrogens with one attached hydrogen (secondary N) is 3. The van der Waals surface area contributed by atoms with Gasteiger partial charge in [-0.1, -0.05) is 23.2 Å². The van der Waals surface area contributed by atoms with Gasteiger partial charge in [-0.2, -0.15) is 0 Å². The van der Waals surface area contributed by atoms with E-state index >= 15 is 0 Å². The minimum Gasteiger partial charge on any atom is -0.486 e. The average Bonchev–Trinajstić information content (AvgIpc) is 2.90. The topological polar surface area (TPSA) is 101 Å². The molecule has 8 nitrogen and oxygen atoms in total. The number of benzene rings is 2. The first-order chi connectivity index (χ1) is 17.6. The van der Waals surface area contributed by atoms with Crippen LogP contribution in [0.25, 0.3) is 10.9 Å². The molecule has 3 N–H and O–H groups in total. The van der Waals surface area contributed by atoms with Gasteiger partial charge in [0, 0.05) is 29.0 Å². The molecule has 2 aromatic carbocycles. The van der Waals surface area contributed by atoms with Gasteiger partial charge in [0.15, 0.2) is 0 Å². The molecule has 4 aromatic rings. The number of carbonyl (C=O) groups excluding carboxylic acids is 1. The third kappa shape index (κ3) is 5.97. The van der Waals surface area contributed by atoms with E-state index in [4.69, 9.17) is 16.3 Å². The standard InChI is InChI=1S/C27H25ClN6O2/c28-23-15-20(5-7-25(23)36-16-21-3-1-2-10-30-21)34-27-22-14-19(4-6-24(22)31-17-32-27)33-26(35)13-18-8-11-29-12-9-18/h1-7,10,13-15,17,29H,8-9,11-12,16H2,(H,33,35)(H,31,32,34). The number of aromatic nitrogens is 3. The zero-order valence-corrected chi connectivity index (χ0v) is 20.3. The minimum atomic E-state index is -0.134. The van der Waals surface area contributed by atoms with Gasteiger partial charge in [0.25, 0.3) is 0 Å². The third-order valence-corrected chi connectivity index (χ3v) is 6.08. The molecule has 1 aliphatic heterocycles. The first kappa shape index (κ1) is 23.7. The summed E-state index contributed by atoms with van der Waals surface area (Å²) in [5.74, 6) is 1.03. The van der Waals surface area contributed by atoms with Gasteiger partial charge in [-0.25, -0.2) is 9.97 Å². The number of anilines is 3. The number of nitrogens with zero attached hydrogens (tertiary/aromatic N) is 3. The van der Waals surface area contributed by atoms with E-state index in [2.05, 4.69) is 30.9 Å². The van der Waals surface area contributed by atoms with Crippen LogP contribution in [0.5, 0.6) is 5.75 Å². The van der Waals surface area contributed by atoms with Crippen molar-refractivity contribution in [3.05, 3.63) is 89.5 Å². The van der Waals surface area contributed by atoms with Crippen LogP contribution in [0, 0.1) is 0 Å². The maximum atomic E-state index is 12.5. The first-order valence-corrected chi connectivity index (χ1v) is 12.1. The molecule has 2 aromatic heterocycles. The number of ether oxygens (including phenoxy) is 1. The zero-order valence-electron chi connectivity index (χ0n) is 19.5. The number of rotatable bonds is 7. The number of halogens is 1. The Balaban J connectivity index is 1.31. The van der Waals surface area contributed by atoms with Gasteiger partial charge in [0.05, 0.1) is 16.2 Å². The molecule has 0 saturated carbocycles. The summed E-state index contributed by atoms with van der Waals surface area (Å²) in [6, 6.07) is 16.7. The van der Waals surface area contributed by atoms with E-state index in [0.29, 0.717) is 28.9 Å². The normalized spacial score (nSPS) is 13.3. The molecule has 1 aliphatic rings. The SMILES string of the molecule is O=C(C=C1CCNCC1)Nc1ccc2ncnc(Nc3ccc(OCc4ccccn4)c(Cl)c3)c2c1. The maximum Gasteiger partial charge on any atom is 0.248 e. The van der Waals surface area contributed by atoms with Gasteiger partial charge in [0.1, 0.15) is 24.5 Å². The second kappa shape index (κ2) is 11.2. The molecule has 0 unspecified atom stereocenters. The lowest BCUT2D eigenvalue weighted by Crippen LogP contribution is -2.24. The third-order valence-electron chi connectivity index (χ3n) is 5.78. The van der Waals surface area contributed by atoms with E-state index in [9.17, 15) is 4.79 Å². The fourth-order valence-corrected chi connectivity index (χ4v) is 4.19. The Morgan fingerprint density at radius 3 is 2.69 bits per heavy atom. The summed E-state index contributed by atoms with van der Waals surface area (Å²) < 4.78 is 5.81. The smallest absolute Gasteiger partial charge is 0.248 e. The molecular weight excluding hydrogens is 476 g/mol. The summed E-state index contributed by atoms with van der Waals surface area (Å²) >= 11 is 6.47. The summed E-state index contributed by atoms with van der Waals surface area (Å²) in [6.45, 7) is 2.14. The van der Waals surface area contributed by atoms with Gasteiger partial charge >= 0.3 is 0 Å². The van der Waals surface area contributed by atoms with Crippen molar-refractivity contribution in [2.45, 2.75) is 19.4 Å². The Labute approximate surface area is 213 Å². The quantitative estimate of drug-likeness (QED) is 0.298. The number of piperidine rings is 1. The molecular formula is C27H25ClN6O2. The summed E-state index contributed by atoms with van der Waals surface area (Å²) in [5, 5.41) is 10.8. The van der Waals surface area contributed by atoms with E-state index in [-0.39, 0.29) is 5.91 Å². The molecule has 0 radical (unpaired) electrons. The van der Waals surface area contributed by atoms with Crippen molar-refractivity contribution in [3.8, 4) is 5.75 Å². The van der Waals surface area contributed by atoms with Crippen LogP contribution in [-0.4, -0.2) is 33.9 Å². The van der Waals surface area contributed by atoms with Gasteiger partial charge in [-0.15, -0.1) is 0 Å². The van der Waals surface area contributed by atoms with Crippen LogP contribution in [0.15, 0.2) is 78.8 Å². The van der Waals surface area contributed by atoms with Crippen LogP contribution in [0.1, 0.15) is 18.5 Å². The number of hydrogen-bond acceptors (Lipinski definition) is 7. The summed E-state index contributed by atoms with van der Waals surface area (Å²) in [5.41, 5.74) is 4.14. The largest absolute Gasteiger partial charge is 0.486 e. The predicted octanol–water partition coefficient (Wildman–Crippen LogP) is 5.25. The Bertz CT molecular complexity index is 1400. The van der Waals surface area contributed by atoms with E-state index in [1.165, 1.54) is 6.33 Å². The molecule has 1 fully saturated rings. The van der Waals surface area contributed by atoms with Crippen molar-refractivity contribution >= 4 is 45.6 Å². The molecule has 0 aliphatic carbocycles. The van der Waals surface area contributed by atoms with Crippen molar-refractivity contribution in [2.24, 2.45) is 0 Å². The van der Waals surface area contributed by atoms with Gasteiger partial charge < -0.3 is 20.7 Å². The molecule has 9 heteroatoms. The molecule has 36 heavy (non-hydrogen) atoms. The molecule has 5 rings (SSSR count). The van der Waals surface area contributed by atoms with Crippen LogP contribution < -0.4 is 20.7 Å². The Kier molecular flexibility index (Phi) is 7.35. The number of pyridine rings is 1. The van der Waals surface area contributed by atoms with Crippen molar-refractivity contribution < 1.29 is 9.53 Å². The van der Waals surface area contributed by atoms with E-state index < -0.39 is 0 Å². The van der Waals surface area contributed by atoms with Crippen LogP contribution in [-0.2, 0) is 11.4 Å². The zero-order chi connectivity index (χ0) is 24.7. The van der Waals surface area contributed by atoms with Crippen molar-refractivity contribution in [2.75, 3.05) is 23.7 Å². The first-order valence-electron chi connectivity index (χ1n) is 11.7. The van der Waals surface area contributed by atoms with Crippen LogP contribution >= 0.6 is 11.6 Å². The fraction of sp³-hybridized carbons (Fsp3) is 0.185. The molecule has 3 heterocycles. The van der Waals surface area contributed by atoms with Crippen molar-refractivity contribution in [3.63, 3.8) is 0 Å². The van der Waals surface area contributed by atoms with Crippen molar-refractivity contribution in [1.29, 1.82) is 0 Å². The maximum absolute atomic E-state index is 12.5. The summed E-state index contributed by atoms with van der Waals surface area (Å²) in [7, 11) is 0. The number of carbonyl (C=O) groups is 1. The highest BCUT2D eigenvalue weighted by atomic mass is 35.5. The average molecular weight is 501 g/mol.